The number of nitrogens with one attached hydrogen (secondary N) is 1. The molecule has 2 heterocycles. The summed E-state index contributed by atoms with van der Waals surface area (Å²) in [6.07, 6.45) is 2.66. The third-order valence-electron chi connectivity index (χ3n) is 3.38. The van der Waals surface area contributed by atoms with Crippen LogP contribution in [0.4, 0.5) is 0 Å². The number of aryl methyl sites for hydroxylation is 1. The fourth-order valence-corrected chi connectivity index (χ4v) is 2.29. The zero-order valence-corrected chi connectivity index (χ0v) is 12.0. The van der Waals surface area contributed by atoms with Crippen molar-refractivity contribution in [2.45, 2.75) is 52.2 Å². The number of amides is 1. The lowest BCUT2D eigenvalue weighted by Crippen LogP contribution is -2.32. The second-order valence-corrected chi connectivity index (χ2v) is 5.40. The second kappa shape index (κ2) is 6.14. The number of hydrogen-bond donors (Lipinski definition) is 1. The van der Waals surface area contributed by atoms with Gasteiger partial charge in [0.15, 0.2) is 5.82 Å². The van der Waals surface area contributed by atoms with E-state index in [1.807, 2.05) is 7.05 Å². The second-order valence-electron chi connectivity index (χ2n) is 5.40. The molecule has 0 aromatic carbocycles. The van der Waals surface area contributed by atoms with E-state index < -0.39 is 0 Å². The molecule has 106 valence electrons. The highest BCUT2D eigenvalue weighted by Gasteiger charge is 2.19. The van der Waals surface area contributed by atoms with Gasteiger partial charge in [0, 0.05) is 39.0 Å². The SMILES string of the molecule is CC(C)NCCC(=O)N(C)Cc1nnc2n1CCC2. The van der Waals surface area contributed by atoms with Crippen molar-refractivity contribution < 1.29 is 4.79 Å². The summed E-state index contributed by atoms with van der Waals surface area (Å²) in [6.45, 7) is 6.41. The largest absolute Gasteiger partial charge is 0.338 e. The molecule has 0 unspecified atom stereocenters. The Balaban J connectivity index is 1.83. The highest BCUT2D eigenvalue weighted by atomic mass is 16.2. The smallest absolute Gasteiger partial charge is 0.223 e. The van der Waals surface area contributed by atoms with Gasteiger partial charge >= 0.3 is 0 Å². The van der Waals surface area contributed by atoms with E-state index in [4.69, 9.17) is 0 Å². The molecule has 0 spiro atoms. The van der Waals surface area contributed by atoms with Gasteiger partial charge in [-0.15, -0.1) is 10.2 Å². The number of fused-ring (bicyclic) bond motifs is 1. The van der Waals surface area contributed by atoms with E-state index in [2.05, 4.69) is 33.9 Å². The first kappa shape index (κ1) is 14.0. The van der Waals surface area contributed by atoms with Crippen LogP contribution in [0.15, 0.2) is 0 Å². The number of rotatable bonds is 6. The van der Waals surface area contributed by atoms with E-state index in [1.165, 1.54) is 0 Å². The van der Waals surface area contributed by atoms with Crippen molar-refractivity contribution in [2.75, 3.05) is 13.6 Å². The molecule has 0 saturated carbocycles. The molecule has 0 radical (unpaired) electrons. The molecule has 2 rings (SSSR count). The molecule has 6 heteroatoms. The molecule has 0 fully saturated rings. The standard InChI is InChI=1S/C13H23N5O/c1-10(2)14-7-6-13(19)17(3)9-12-16-15-11-5-4-8-18(11)12/h10,14H,4-9H2,1-3H3. The van der Waals surface area contributed by atoms with Crippen LogP contribution in [0.1, 0.15) is 38.3 Å². The van der Waals surface area contributed by atoms with Gasteiger partial charge in [0.2, 0.25) is 5.91 Å². The summed E-state index contributed by atoms with van der Waals surface area (Å²) < 4.78 is 2.14. The van der Waals surface area contributed by atoms with Crippen LogP contribution in [0, 0.1) is 0 Å². The minimum absolute atomic E-state index is 0.142. The zero-order chi connectivity index (χ0) is 13.8. The number of carbonyl (C=O) groups is 1. The van der Waals surface area contributed by atoms with Gasteiger partial charge in [-0.2, -0.15) is 0 Å². The fraction of sp³-hybridized carbons (Fsp3) is 0.769. The molecule has 1 aromatic rings. The highest BCUT2D eigenvalue weighted by molar-refractivity contribution is 5.75. The molecule has 1 aliphatic heterocycles. The first-order valence-electron chi connectivity index (χ1n) is 6.96. The molecule has 0 atom stereocenters. The quantitative estimate of drug-likeness (QED) is 0.817. The summed E-state index contributed by atoms with van der Waals surface area (Å²) in [5, 5.41) is 11.6. The van der Waals surface area contributed by atoms with Crippen LogP contribution < -0.4 is 5.32 Å². The van der Waals surface area contributed by atoms with Crippen molar-refractivity contribution in [3.8, 4) is 0 Å². The predicted octanol–water partition coefficient (Wildman–Crippen LogP) is 0.571. The summed E-state index contributed by atoms with van der Waals surface area (Å²) >= 11 is 0. The molecule has 0 saturated heterocycles. The third kappa shape index (κ3) is 3.53. The normalized spacial score (nSPS) is 13.9. The molecule has 6 nitrogen and oxygen atoms in total. The molecule has 1 aliphatic rings. The summed E-state index contributed by atoms with van der Waals surface area (Å²) in [5.74, 6) is 2.10. The summed E-state index contributed by atoms with van der Waals surface area (Å²) in [4.78, 5) is 13.7. The van der Waals surface area contributed by atoms with E-state index >= 15 is 0 Å². The molecular weight excluding hydrogens is 242 g/mol. The van der Waals surface area contributed by atoms with Crippen LogP contribution in [0.2, 0.25) is 0 Å². The van der Waals surface area contributed by atoms with E-state index in [9.17, 15) is 4.79 Å². The minimum atomic E-state index is 0.142. The van der Waals surface area contributed by atoms with E-state index in [0.29, 0.717) is 19.0 Å². The van der Waals surface area contributed by atoms with Crippen LogP contribution in [-0.2, 0) is 24.3 Å². The molecule has 1 amide bonds. The minimum Gasteiger partial charge on any atom is -0.338 e. The Hall–Kier alpha value is -1.43. The van der Waals surface area contributed by atoms with Crippen LogP contribution in [0.3, 0.4) is 0 Å². The molecule has 19 heavy (non-hydrogen) atoms. The Morgan fingerprint density at radius 2 is 2.26 bits per heavy atom. The lowest BCUT2D eigenvalue weighted by atomic mass is 10.3. The summed E-state index contributed by atoms with van der Waals surface area (Å²) in [6, 6.07) is 0.415. The van der Waals surface area contributed by atoms with Crippen LogP contribution in [0.5, 0.6) is 0 Å². The van der Waals surface area contributed by atoms with Gasteiger partial charge in [0.05, 0.1) is 6.54 Å². The zero-order valence-electron chi connectivity index (χ0n) is 12.0. The predicted molar refractivity (Wildman–Crippen MR) is 72.6 cm³/mol. The van der Waals surface area contributed by atoms with Crippen LogP contribution >= 0.6 is 0 Å². The first-order valence-corrected chi connectivity index (χ1v) is 6.96. The molecule has 0 aliphatic carbocycles. The van der Waals surface area contributed by atoms with Crippen molar-refractivity contribution in [2.24, 2.45) is 0 Å². The van der Waals surface area contributed by atoms with Crippen molar-refractivity contribution in [1.29, 1.82) is 0 Å². The Morgan fingerprint density at radius 1 is 1.47 bits per heavy atom. The van der Waals surface area contributed by atoms with Gasteiger partial charge in [-0.1, -0.05) is 13.8 Å². The summed E-state index contributed by atoms with van der Waals surface area (Å²) in [5.41, 5.74) is 0. The lowest BCUT2D eigenvalue weighted by Gasteiger charge is -2.17. The topological polar surface area (TPSA) is 63.1 Å². The Morgan fingerprint density at radius 3 is 3.00 bits per heavy atom. The maximum absolute atomic E-state index is 12.0. The van der Waals surface area contributed by atoms with Gasteiger partial charge in [-0.25, -0.2) is 0 Å². The maximum Gasteiger partial charge on any atom is 0.223 e. The van der Waals surface area contributed by atoms with E-state index in [0.717, 1.165) is 37.6 Å². The molecular formula is C13H23N5O. The Kier molecular flexibility index (Phi) is 4.52. The third-order valence-corrected chi connectivity index (χ3v) is 3.38. The fourth-order valence-electron chi connectivity index (χ4n) is 2.29. The molecule has 1 N–H and O–H groups in total. The molecule has 1 aromatic heterocycles. The van der Waals surface area contributed by atoms with Crippen molar-refractivity contribution >= 4 is 5.91 Å². The Labute approximate surface area is 114 Å². The average molecular weight is 265 g/mol. The van der Waals surface area contributed by atoms with Crippen molar-refractivity contribution in [3.05, 3.63) is 11.6 Å². The van der Waals surface area contributed by atoms with Gasteiger partial charge < -0.3 is 14.8 Å². The average Bonchev–Trinajstić information content (AvgIpc) is 2.93. The van der Waals surface area contributed by atoms with Gasteiger partial charge in [-0.3, -0.25) is 4.79 Å². The summed E-state index contributed by atoms with van der Waals surface area (Å²) in [7, 11) is 1.83. The van der Waals surface area contributed by atoms with Crippen LogP contribution in [-0.4, -0.2) is 45.2 Å². The molecule has 0 bridgehead atoms. The van der Waals surface area contributed by atoms with Gasteiger partial charge in [0.1, 0.15) is 5.82 Å². The van der Waals surface area contributed by atoms with Gasteiger partial charge in [-0.05, 0) is 6.42 Å². The maximum atomic E-state index is 12.0. The monoisotopic (exact) mass is 265 g/mol. The lowest BCUT2D eigenvalue weighted by molar-refractivity contribution is -0.130. The van der Waals surface area contributed by atoms with Crippen molar-refractivity contribution in [1.82, 2.24) is 25.0 Å². The van der Waals surface area contributed by atoms with Crippen LogP contribution in [0.25, 0.3) is 0 Å². The van der Waals surface area contributed by atoms with Gasteiger partial charge in [0.25, 0.3) is 0 Å². The Bertz CT molecular complexity index is 440. The number of carbonyl (C=O) groups excluding carboxylic acids is 1. The highest BCUT2D eigenvalue weighted by Crippen LogP contribution is 2.15. The number of nitrogens with zero attached hydrogens (tertiary/aromatic N) is 4. The number of hydrogen-bond acceptors (Lipinski definition) is 4. The number of aromatic nitrogens is 3. The first-order chi connectivity index (χ1) is 9.08. The van der Waals surface area contributed by atoms with E-state index in [1.54, 1.807) is 4.90 Å². The van der Waals surface area contributed by atoms with Crippen molar-refractivity contribution in [3.63, 3.8) is 0 Å². The van der Waals surface area contributed by atoms with E-state index in [-0.39, 0.29) is 5.91 Å².